The van der Waals surface area contributed by atoms with Crippen LogP contribution in [0.15, 0.2) is 24.3 Å². The van der Waals surface area contributed by atoms with Crippen LogP contribution in [0, 0.1) is 0 Å². The molecule has 0 aromatic heterocycles. The first-order valence-corrected chi connectivity index (χ1v) is 9.14. The van der Waals surface area contributed by atoms with Crippen molar-refractivity contribution in [3.8, 4) is 0 Å². The topological polar surface area (TPSA) is 61.9 Å². The number of halogens is 1. The standard InChI is InChI=1S/C18H24ClN3O3/c1-13(17(23)20-15-6-3-2-5-14(15)19)21-8-10-22(11-9-21)18(24)16-7-4-12-25-16/h2-3,5-6,13,16H,4,7-12H2,1H3,(H,20,23). The molecule has 0 bridgehead atoms. The lowest BCUT2D eigenvalue weighted by molar-refractivity contribution is -0.143. The lowest BCUT2D eigenvalue weighted by Crippen LogP contribution is -2.55. The number of benzene rings is 1. The van der Waals surface area contributed by atoms with Crippen LogP contribution >= 0.6 is 11.6 Å². The zero-order chi connectivity index (χ0) is 17.8. The third-order valence-electron chi connectivity index (χ3n) is 4.89. The summed E-state index contributed by atoms with van der Waals surface area (Å²) >= 11 is 6.09. The third kappa shape index (κ3) is 4.32. The number of hydrogen-bond acceptors (Lipinski definition) is 4. The molecule has 7 heteroatoms. The van der Waals surface area contributed by atoms with Crippen LogP contribution in [0.1, 0.15) is 19.8 Å². The van der Waals surface area contributed by atoms with Crippen LogP contribution < -0.4 is 5.32 Å². The second-order valence-corrected chi connectivity index (χ2v) is 6.92. The quantitative estimate of drug-likeness (QED) is 0.886. The van der Waals surface area contributed by atoms with Gasteiger partial charge in [-0.05, 0) is 31.9 Å². The SMILES string of the molecule is CC(C(=O)Nc1ccccc1Cl)N1CCN(C(=O)C2CCCO2)CC1. The van der Waals surface area contributed by atoms with Crippen molar-refractivity contribution in [2.75, 3.05) is 38.1 Å². The van der Waals surface area contributed by atoms with Gasteiger partial charge in [-0.2, -0.15) is 0 Å². The number of ether oxygens (including phenoxy) is 1. The third-order valence-corrected chi connectivity index (χ3v) is 5.22. The number of anilines is 1. The summed E-state index contributed by atoms with van der Waals surface area (Å²) in [6, 6.07) is 6.91. The molecule has 2 aliphatic heterocycles. The molecule has 2 unspecified atom stereocenters. The second kappa shape index (κ2) is 8.17. The zero-order valence-corrected chi connectivity index (χ0v) is 15.2. The molecule has 3 rings (SSSR count). The fourth-order valence-corrected chi connectivity index (χ4v) is 3.45. The smallest absolute Gasteiger partial charge is 0.251 e. The molecule has 2 fully saturated rings. The van der Waals surface area contributed by atoms with Crippen LogP contribution in [0.4, 0.5) is 5.69 Å². The number of carbonyl (C=O) groups excluding carboxylic acids is 2. The number of amides is 2. The lowest BCUT2D eigenvalue weighted by Gasteiger charge is -2.38. The van der Waals surface area contributed by atoms with Crippen molar-refractivity contribution in [3.63, 3.8) is 0 Å². The van der Waals surface area contributed by atoms with Gasteiger partial charge in [0.1, 0.15) is 6.10 Å². The molecule has 2 amide bonds. The Morgan fingerprint density at radius 3 is 2.60 bits per heavy atom. The summed E-state index contributed by atoms with van der Waals surface area (Å²) < 4.78 is 5.48. The highest BCUT2D eigenvalue weighted by Crippen LogP contribution is 2.21. The monoisotopic (exact) mass is 365 g/mol. The molecule has 2 heterocycles. The predicted molar refractivity (Wildman–Crippen MR) is 96.7 cm³/mol. The van der Waals surface area contributed by atoms with E-state index in [1.165, 1.54) is 0 Å². The molecular weight excluding hydrogens is 342 g/mol. The van der Waals surface area contributed by atoms with Crippen LogP contribution in [0.2, 0.25) is 5.02 Å². The van der Waals surface area contributed by atoms with Crippen molar-refractivity contribution in [2.45, 2.75) is 31.9 Å². The summed E-state index contributed by atoms with van der Waals surface area (Å²) in [5.41, 5.74) is 0.619. The van der Waals surface area contributed by atoms with E-state index in [0.717, 1.165) is 12.8 Å². The van der Waals surface area contributed by atoms with E-state index in [-0.39, 0.29) is 24.0 Å². The lowest BCUT2D eigenvalue weighted by atomic mass is 10.1. The molecule has 2 atom stereocenters. The Morgan fingerprint density at radius 1 is 1.24 bits per heavy atom. The minimum Gasteiger partial charge on any atom is -0.368 e. The number of piperazine rings is 1. The van der Waals surface area contributed by atoms with Gasteiger partial charge in [0, 0.05) is 32.8 Å². The molecule has 0 saturated carbocycles. The van der Waals surface area contributed by atoms with Crippen molar-refractivity contribution >= 4 is 29.1 Å². The average Bonchev–Trinajstić information content (AvgIpc) is 3.17. The van der Waals surface area contributed by atoms with Gasteiger partial charge in [-0.25, -0.2) is 0 Å². The van der Waals surface area contributed by atoms with Gasteiger partial charge in [0.2, 0.25) is 5.91 Å². The highest BCUT2D eigenvalue weighted by molar-refractivity contribution is 6.33. The minimum absolute atomic E-state index is 0.0883. The van der Waals surface area contributed by atoms with Gasteiger partial charge in [-0.15, -0.1) is 0 Å². The summed E-state index contributed by atoms with van der Waals surface area (Å²) in [7, 11) is 0. The van der Waals surface area contributed by atoms with Gasteiger partial charge in [0.25, 0.3) is 5.91 Å². The summed E-state index contributed by atoms with van der Waals surface area (Å²) in [5, 5.41) is 3.40. The fourth-order valence-electron chi connectivity index (χ4n) is 3.27. The van der Waals surface area contributed by atoms with Crippen LogP contribution in [0.5, 0.6) is 0 Å². The van der Waals surface area contributed by atoms with E-state index < -0.39 is 0 Å². The maximum Gasteiger partial charge on any atom is 0.251 e. The van der Waals surface area contributed by atoms with E-state index in [1.54, 1.807) is 12.1 Å². The first-order chi connectivity index (χ1) is 12.1. The second-order valence-electron chi connectivity index (χ2n) is 6.51. The van der Waals surface area contributed by atoms with Gasteiger partial charge < -0.3 is 15.0 Å². The molecule has 0 radical (unpaired) electrons. The van der Waals surface area contributed by atoms with Crippen molar-refractivity contribution in [1.29, 1.82) is 0 Å². The number of carbonyl (C=O) groups is 2. The van der Waals surface area contributed by atoms with Crippen LogP contribution in [0.25, 0.3) is 0 Å². The molecule has 1 aromatic rings. The summed E-state index contributed by atoms with van der Waals surface area (Å²) in [4.78, 5) is 28.8. The number of nitrogens with zero attached hydrogens (tertiary/aromatic N) is 2. The van der Waals surface area contributed by atoms with Crippen LogP contribution in [-0.4, -0.2) is 66.5 Å². The maximum absolute atomic E-state index is 12.5. The fraction of sp³-hybridized carbons (Fsp3) is 0.556. The van der Waals surface area contributed by atoms with E-state index in [2.05, 4.69) is 10.2 Å². The molecule has 1 aromatic carbocycles. The van der Waals surface area contributed by atoms with Crippen molar-refractivity contribution in [2.24, 2.45) is 0 Å². The Kier molecular flexibility index (Phi) is 5.93. The first kappa shape index (κ1) is 18.2. The molecule has 0 spiro atoms. The van der Waals surface area contributed by atoms with Gasteiger partial charge in [-0.3, -0.25) is 14.5 Å². The summed E-state index contributed by atoms with van der Waals surface area (Å²) in [6.45, 7) is 5.16. The highest BCUT2D eigenvalue weighted by atomic mass is 35.5. The van der Waals surface area contributed by atoms with Crippen molar-refractivity contribution in [1.82, 2.24) is 9.80 Å². The predicted octanol–water partition coefficient (Wildman–Crippen LogP) is 1.99. The van der Waals surface area contributed by atoms with E-state index in [0.29, 0.717) is 43.5 Å². The van der Waals surface area contributed by atoms with Crippen molar-refractivity contribution < 1.29 is 14.3 Å². The number of nitrogens with one attached hydrogen (secondary N) is 1. The Balaban J connectivity index is 1.50. The average molecular weight is 366 g/mol. The number of rotatable bonds is 4. The Hall–Kier alpha value is -1.63. The molecule has 0 aliphatic carbocycles. The number of hydrogen-bond donors (Lipinski definition) is 1. The molecule has 6 nitrogen and oxygen atoms in total. The Morgan fingerprint density at radius 2 is 1.96 bits per heavy atom. The molecule has 2 aliphatic rings. The van der Waals surface area contributed by atoms with Crippen molar-refractivity contribution in [3.05, 3.63) is 29.3 Å². The van der Waals surface area contributed by atoms with Crippen LogP contribution in [-0.2, 0) is 14.3 Å². The molecular formula is C18H24ClN3O3. The first-order valence-electron chi connectivity index (χ1n) is 8.76. The maximum atomic E-state index is 12.5. The van der Waals surface area contributed by atoms with Gasteiger partial charge in [-0.1, -0.05) is 23.7 Å². The molecule has 25 heavy (non-hydrogen) atoms. The Bertz CT molecular complexity index is 626. The molecule has 2 saturated heterocycles. The Labute approximate surface area is 153 Å². The van der Waals surface area contributed by atoms with E-state index in [4.69, 9.17) is 16.3 Å². The molecule has 1 N–H and O–H groups in total. The summed E-state index contributed by atoms with van der Waals surface area (Å²) in [5.74, 6) is -0.00248. The summed E-state index contributed by atoms with van der Waals surface area (Å²) in [6.07, 6.45) is 1.50. The highest BCUT2D eigenvalue weighted by Gasteiger charge is 2.32. The normalized spacial score (nSPS) is 22.6. The molecule has 136 valence electrons. The van der Waals surface area contributed by atoms with E-state index in [1.807, 2.05) is 24.0 Å². The van der Waals surface area contributed by atoms with E-state index in [9.17, 15) is 9.59 Å². The zero-order valence-electron chi connectivity index (χ0n) is 14.4. The van der Waals surface area contributed by atoms with Gasteiger partial charge in [0.05, 0.1) is 16.8 Å². The number of para-hydroxylation sites is 1. The van der Waals surface area contributed by atoms with Gasteiger partial charge >= 0.3 is 0 Å². The minimum atomic E-state index is -0.281. The largest absolute Gasteiger partial charge is 0.368 e. The van der Waals surface area contributed by atoms with Gasteiger partial charge in [0.15, 0.2) is 0 Å². The van der Waals surface area contributed by atoms with E-state index >= 15 is 0 Å². The van der Waals surface area contributed by atoms with Crippen LogP contribution in [0.3, 0.4) is 0 Å².